The van der Waals surface area contributed by atoms with Gasteiger partial charge in [-0.05, 0) is 29.8 Å². The highest BCUT2D eigenvalue weighted by Gasteiger charge is 2.34. The Kier molecular flexibility index (Phi) is 5.22. The van der Waals surface area contributed by atoms with Crippen molar-refractivity contribution in [2.24, 2.45) is 0 Å². The van der Waals surface area contributed by atoms with Crippen LogP contribution in [0.2, 0.25) is 0 Å². The van der Waals surface area contributed by atoms with Crippen molar-refractivity contribution in [3.63, 3.8) is 0 Å². The fourth-order valence-electron chi connectivity index (χ4n) is 3.30. The molecule has 1 atom stereocenters. The van der Waals surface area contributed by atoms with Gasteiger partial charge in [-0.1, -0.05) is 12.1 Å². The molecule has 9 nitrogen and oxygen atoms in total. The van der Waals surface area contributed by atoms with E-state index in [1.165, 1.54) is 9.80 Å². The summed E-state index contributed by atoms with van der Waals surface area (Å²) in [6.07, 6.45) is -0.558. The average molecular weight is 399 g/mol. The minimum Gasteiger partial charge on any atom is -0.497 e. The van der Waals surface area contributed by atoms with Crippen molar-refractivity contribution in [3.8, 4) is 11.5 Å². The van der Waals surface area contributed by atoms with Crippen LogP contribution in [0.15, 0.2) is 36.4 Å². The van der Waals surface area contributed by atoms with Gasteiger partial charge in [-0.25, -0.2) is 9.78 Å². The summed E-state index contributed by atoms with van der Waals surface area (Å²) >= 11 is 0. The molecule has 0 aliphatic carbocycles. The molecule has 4 rings (SSSR count). The molecule has 29 heavy (non-hydrogen) atoms. The lowest BCUT2D eigenvalue weighted by Crippen LogP contribution is -2.39. The van der Waals surface area contributed by atoms with Crippen molar-refractivity contribution < 1.29 is 28.9 Å². The lowest BCUT2D eigenvalue weighted by Gasteiger charge is -2.29. The summed E-state index contributed by atoms with van der Waals surface area (Å²) in [5.74, 6) is 1.70. The zero-order chi connectivity index (χ0) is 20.4. The number of nitrogens with zero attached hydrogens (tertiary/aromatic N) is 3. The van der Waals surface area contributed by atoms with Gasteiger partial charge >= 0.3 is 6.09 Å². The minimum atomic E-state index is -0.527. The molecule has 1 unspecified atom stereocenters. The van der Waals surface area contributed by atoms with E-state index < -0.39 is 12.2 Å². The Morgan fingerprint density at radius 3 is 2.72 bits per heavy atom. The van der Waals surface area contributed by atoms with Crippen molar-refractivity contribution in [1.82, 2.24) is 4.98 Å². The number of cyclic esters (lactones) is 1. The normalized spacial score (nSPS) is 18.3. The molecule has 0 bridgehead atoms. The number of carbonyl (C=O) groups is 2. The third-order valence-electron chi connectivity index (χ3n) is 4.83. The van der Waals surface area contributed by atoms with E-state index in [0.717, 1.165) is 11.3 Å². The third-order valence-corrected chi connectivity index (χ3v) is 4.83. The Labute approximate surface area is 167 Å². The Hall–Kier alpha value is -3.33. The van der Waals surface area contributed by atoms with Crippen LogP contribution in [-0.2, 0) is 16.1 Å². The van der Waals surface area contributed by atoms with Crippen LogP contribution in [-0.4, -0.2) is 55.1 Å². The zero-order valence-corrected chi connectivity index (χ0v) is 15.9. The first kappa shape index (κ1) is 19.0. The fourth-order valence-corrected chi connectivity index (χ4v) is 3.30. The fraction of sp³-hybridized carbons (Fsp3) is 0.350. The van der Waals surface area contributed by atoms with E-state index in [4.69, 9.17) is 19.3 Å². The van der Waals surface area contributed by atoms with Crippen molar-refractivity contribution in [2.75, 3.05) is 36.7 Å². The Morgan fingerprint density at radius 2 is 2.00 bits per heavy atom. The zero-order valence-electron chi connectivity index (χ0n) is 15.9. The van der Waals surface area contributed by atoms with E-state index in [9.17, 15) is 9.59 Å². The second-order valence-corrected chi connectivity index (χ2v) is 6.74. The van der Waals surface area contributed by atoms with Crippen molar-refractivity contribution in [3.05, 3.63) is 42.0 Å². The molecule has 9 heteroatoms. The van der Waals surface area contributed by atoms with Gasteiger partial charge in [0.1, 0.15) is 17.7 Å². The molecule has 0 spiro atoms. The first-order valence-electron chi connectivity index (χ1n) is 9.25. The molecule has 3 heterocycles. The molecule has 1 saturated heterocycles. The summed E-state index contributed by atoms with van der Waals surface area (Å²) in [6, 6.07) is 10.8. The standard InChI is InChI=1S/C20H21N3O6/c1-27-14-4-2-13(3-5-14)10-23-18(25)12-28-16-6-7-17(21-19(16)23)22-11-15(8-9-24)29-20(22)26/h2-7,15,24H,8-12H2,1H3. The topological polar surface area (TPSA) is 101 Å². The molecule has 2 aliphatic rings. The molecule has 2 aliphatic heterocycles. The summed E-state index contributed by atoms with van der Waals surface area (Å²) in [6.45, 7) is 0.460. The van der Waals surface area contributed by atoms with Gasteiger partial charge in [0.05, 0.1) is 20.2 Å². The number of hydrogen-bond donors (Lipinski definition) is 1. The number of methoxy groups -OCH3 is 1. The van der Waals surface area contributed by atoms with Crippen LogP contribution in [0, 0.1) is 0 Å². The molecule has 152 valence electrons. The number of rotatable bonds is 6. The maximum Gasteiger partial charge on any atom is 0.415 e. The largest absolute Gasteiger partial charge is 0.497 e. The molecular formula is C20H21N3O6. The lowest BCUT2D eigenvalue weighted by molar-refractivity contribution is -0.121. The van der Waals surface area contributed by atoms with Crippen LogP contribution in [0.4, 0.5) is 16.4 Å². The van der Waals surface area contributed by atoms with E-state index >= 15 is 0 Å². The Balaban J connectivity index is 1.60. The summed E-state index contributed by atoms with van der Waals surface area (Å²) < 4.78 is 15.9. The van der Waals surface area contributed by atoms with Gasteiger partial charge in [-0.3, -0.25) is 14.6 Å². The molecule has 0 radical (unpaired) electrons. The number of ether oxygens (including phenoxy) is 3. The summed E-state index contributed by atoms with van der Waals surface area (Å²) in [5, 5.41) is 9.07. The monoisotopic (exact) mass is 399 g/mol. The SMILES string of the molecule is COc1ccc(CN2C(=O)COc3ccc(N4CC(CCO)OC4=O)nc32)cc1. The van der Waals surface area contributed by atoms with E-state index in [1.54, 1.807) is 19.2 Å². The molecule has 1 aromatic carbocycles. The van der Waals surface area contributed by atoms with Gasteiger partial charge in [0.15, 0.2) is 18.2 Å². The first-order chi connectivity index (χ1) is 14.1. The molecular weight excluding hydrogens is 378 g/mol. The molecule has 0 saturated carbocycles. The number of anilines is 2. The number of hydrogen-bond acceptors (Lipinski definition) is 7. The van der Waals surface area contributed by atoms with E-state index in [-0.39, 0.29) is 19.1 Å². The second kappa shape index (κ2) is 7.96. The number of aliphatic hydroxyl groups excluding tert-OH is 1. The molecule has 1 fully saturated rings. The number of amides is 2. The van der Waals surface area contributed by atoms with Gasteiger partial charge in [0.25, 0.3) is 5.91 Å². The maximum absolute atomic E-state index is 12.5. The quantitative estimate of drug-likeness (QED) is 0.789. The van der Waals surface area contributed by atoms with Gasteiger partial charge in [-0.2, -0.15) is 0 Å². The van der Waals surface area contributed by atoms with E-state index in [2.05, 4.69) is 4.98 Å². The van der Waals surface area contributed by atoms with Crippen LogP contribution in [0.1, 0.15) is 12.0 Å². The number of aromatic nitrogens is 1. The second-order valence-electron chi connectivity index (χ2n) is 6.74. The maximum atomic E-state index is 12.5. The van der Waals surface area contributed by atoms with Crippen LogP contribution in [0.3, 0.4) is 0 Å². The number of fused-ring (bicyclic) bond motifs is 1. The van der Waals surface area contributed by atoms with Crippen LogP contribution in [0.5, 0.6) is 11.5 Å². The third kappa shape index (κ3) is 3.81. The number of aliphatic hydroxyl groups is 1. The summed E-state index contributed by atoms with van der Waals surface area (Å²) in [7, 11) is 1.59. The minimum absolute atomic E-state index is 0.0681. The molecule has 2 aromatic rings. The lowest BCUT2D eigenvalue weighted by atomic mass is 10.2. The molecule has 2 amide bonds. The van der Waals surface area contributed by atoms with Gasteiger partial charge in [0.2, 0.25) is 0 Å². The van der Waals surface area contributed by atoms with Gasteiger partial charge in [0, 0.05) is 13.0 Å². The van der Waals surface area contributed by atoms with Gasteiger partial charge < -0.3 is 19.3 Å². The van der Waals surface area contributed by atoms with E-state index in [1.807, 2.05) is 24.3 Å². The van der Waals surface area contributed by atoms with Crippen LogP contribution < -0.4 is 19.3 Å². The summed E-state index contributed by atoms with van der Waals surface area (Å²) in [5.41, 5.74) is 0.905. The van der Waals surface area contributed by atoms with Crippen molar-refractivity contribution in [2.45, 2.75) is 19.1 Å². The molecule has 1 N–H and O–H groups in total. The van der Waals surface area contributed by atoms with Crippen LogP contribution >= 0.6 is 0 Å². The Bertz CT molecular complexity index is 917. The highest BCUT2D eigenvalue weighted by Crippen LogP contribution is 2.34. The Morgan fingerprint density at radius 1 is 1.21 bits per heavy atom. The highest BCUT2D eigenvalue weighted by molar-refractivity contribution is 5.97. The number of pyridine rings is 1. The summed E-state index contributed by atoms with van der Waals surface area (Å²) in [4.78, 5) is 32.2. The first-order valence-corrected chi connectivity index (χ1v) is 9.25. The van der Waals surface area contributed by atoms with Crippen molar-refractivity contribution in [1.29, 1.82) is 0 Å². The highest BCUT2D eigenvalue weighted by atomic mass is 16.6. The number of benzene rings is 1. The van der Waals surface area contributed by atoms with E-state index in [0.29, 0.717) is 36.9 Å². The van der Waals surface area contributed by atoms with Crippen LogP contribution in [0.25, 0.3) is 0 Å². The molecule has 1 aromatic heterocycles. The average Bonchev–Trinajstić information content (AvgIpc) is 3.10. The predicted molar refractivity (Wildman–Crippen MR) is 103 cm³/mol. The predicted octanol–water partition coefficient (Wildman–Crippen LogP) is 1.72. The smallest absolute Gasteiger partial charge is 0.415 e. The van der Waals surface area contributed by atoms with Crippen molar-refractivity contribution >= 4 is 23.6 Å². The number of carbonyl (C=O) groups excluding carboxylic acids is 2. The van der Waals surface area contributed by atoms with Gasteiger partial charge in [-0.15, -0.1) is 0 Å².